The Morgan fingerprint density at radius 3 is 1.52 bits per heavy atom. The maximum absolute atomic E-state index is 13.3. The third-order valence-electron chi connectivity index (χ3n) is 3.57. The van der Waals surface area contributed by atoms with Crippen LogP contribution in [0, 0.1) is 35.3 Å². The van der Waals surface area contributed by atoms with E-state index in [9.17, 15) is 8.78 Å². The van der Waals surface area contributed by atoms with Gasteiger partial charge in [-0.1, -0.05) is 53.2 Å². The Kier molecular flexibility index (Phi) is 7.36. The molecule has 0 bridgehead atoms. The molecule has 2 rings (SSSR count). The van der Waals surface area contributed by atoms with Gasteiger partial charge in [-0.2, -0.15) is 0 Å². The van der Waals surface area contributed by atoms with Crippen LogP contribution >= 0.6 is 0 Å². The highest BCUT2D eigenvalue weighted by Crippen LogP contribution is 2.04. The molecule has 0 aliphatic heterocycles. The quantitative estimate of drug-likeness (QED) is 0.460. The van der Waals surface area contributed by atoms with Gasteiger partial charge in [0.15, 0.2) is 0 Å². The van der Waals surface area contributed by atoms with Gasteiger partial charge in [-0.3, -0.25) is 0 Å². The summed E-state index contributed by atoms with van der Waals surface area (Å²) in [5.41, 5.74) is 1.53. The van der Waals surface area contributed by atoms with Crippen LogP contribution in [0.3, 0.4) is 0 Å². The van der Waals surface area contributed by atoms with Gasteiger partial charge in [0.1, 0.15) is 27.3 Å². The van der Waals surface area contributed by atoms with Crippen molar-refractivity contribution in [2.24, 2.45) is 0 Å². The Balaban J connectivity index is 1.66. The Hall–Kier alpha value is -2.45. The Bertz CT molecular complexity index is 780. The molecule has 4 heteroatoms. The highest BCUT2D eigenvalue weighted by Gasteiger charge is 1.96. The predicted octanol–water partition coefficient (Wildman–Crippen LogP) is 2.91. The molecule has 25 heavy (non-hydrogen) atoms. The smallest absolute Gasteiger partial charge is 0.117 e. The molecule has 0 N–H and O–H groups in total. The van der Waals surface area contributed by atoms with E-state index in [1.807, 2.05) is 0 Å². The third-order valence-corrected chi connectivity index (χ3v) is 3.57. The fourth-order valence-corrected chi connectivity index (χ4v) is 2.14. The Morgan fingerprint density at radius 2 is 1.12 bits per heavy atom. The van der Waals surface area contributed by atoms with Crippen molar-refractivity contribution < 1.29 is 8.78 Å². The lowest BCUT2D eigenvalue weighted by Gasteiger charge is -1.96. The first-order valence-electron chi connectivity index (χ1n) is 8.14. The van der Waals surface area contributed by atoms with Crippen molar-refractivity contribution in [3.8, 4) is 23.7 Å². The van der Waals surface area contributed by atoms with E-state index in [1.54, 1.807) is 12.1 Å². The van der Waals surface area contributed by atoms with E-state index in [0.717, 1.165) is 32.1 Å². The molecule has 0 aliphatic rings. The highest BCUT2D eigenvalue weighted by molar-refractivity contribution is 6.32. The molecule has 2 aromatic rings. The second-order valence-corrected chi connectivity index (χ2v) is 5.64. The van der Waals surface area contributed by atoms with Crippen molar-refractivity contribution >= 4 is 26.6 Å². The molecular formula is C21H16B2F2. The molecule has 120 valence electrons. The second-order valence-electron chi connectivity index (χ2n) is 5.64. The van der Waals surface area contributed by atoms with Gasteiger partial charge in [0, 0.05) is 24.0 Å². The minimum absolute atomic E-state index is 0.133. The molecule has 0 unspecified atom stereocenters. The van der Waals surface area contributed by atoms with Gasteiger partial charge in [0.2, 0.25) is 0 Å². The fraction of sp³-hybridized carbons (Fsp3) is 0.238. The minimum atomic E-state index is -0.439. The average molecular weight is 328 g/mol. The number of hydrogen-bond donors (Lipinski definition) is 0. The molecule has 0 nitrogen and oxygen atoms in total. The minimum Gasteiger partial charge on any atom is -0.208 e. The van der Waals surface area contributed by atoms with Gasteiger partial charge in [-0.25, -0.2) is 8.78 Å². The zero-order chi connectivity index (χ0) is 18.1. The van der Waals surface area contributed by atoms with Crippen LogP contribution in [0.15, 0.2) is 36.4 Å². The zero-order valence-electron chi connectivity index (χ0n) is 13.9. The van der Waals surface area contributed by atoms with Crippen molar-refractivity contribution in [3.05, 3.63) is 59.2 Å². The molecule has 0 spiro atoms. The lowest BCUT2D eigenvalue weighted by Crippen LogP contribution is -2.07. The molecule has 0 aromatic heterocycles. The van der Waals surface area contributed by atoms with Crippen molar-refractivity contribution in [3.63, 3.8) is 0 Å². The highest BCUT2D eigenvalue weighted by atomic mass is 19.1. The molecule has 0 heterocycles. The number of halogens is 2. The third kappa shape index (κ3) is 6.52. The topological polar surface area (TPSA) is 0 Å². The van der Waals surface area contributed by atoms with Gasteiger partial charge in [-0.05, 0) is 37.1 Å². The van der Waals surface area contributed by atoms with E-state index in [2.05, 4.69) is 23.7 Å². The summed E-state index contributed by atoms with van der Waals surface area (Å²) in [6, 6.07) is 9.15. The van der Waals surface area contributed by atoms with E-state index in [-0.39, 0.29) is 10.9 Å². The summed E-state index contributed by atoms with van der Waals surface area (Å²) in [6.07, 6.45) is 4.44. The van der Waals surface area contributed by atoms with Gasteiger partial charge in [-0.15, -0.1) is 0 Å². The lowest BCUT2D eigenvalue weighted by atomic mass is 9.94. The summed E-state index contributed by atoms with van der Waals surface area (Å²) in [6.45, 7) is 0. The van der Waals surface area contributed by atoms with Gasteiger partial charge < -0.3 is 0 Å². The summed E-state index contributed by atoms with van der Waals surface area (Å²) in [7, 11) is 10.8. The van der Waals surface area contributed by atoms with Crippen LogP contribution < -0.4 is 10.9 Å². The van der Waals surface area contributed by atoms with E-state index in [0.29, 0.717) is 11.1 Å². The summed E-state index contributed by atoms with van der Waals surface area (Å²) >= 11 is 0. The van der Waals surface area contributed by atoms with Crippen molar-refractivity contribution in [2.45, 2.75) is 32.1 Å². The van der Waals surface area contributed by atoms with E-state index >= 15 is 0 Å². The van der Waals surface area contributed by atoms with Crippen molar-refractivity contribution in [1.29, 1.82) is 0 Å². The summed E-state index contributed by atoms with van der Waals surface area (Å²) < 4.78 is 26.5. The fourth-order valence-electron chi connectivity index (χ4n) is 2.14. The van der Waals surface area contributed by atoms with E-state index in [4.69, 9.17) is 15.7 Å². The average Bonchev–Trinajstić information content (AvgIpc) is 2.59. The predicted molar refractivity (Wildman–Crippen MR) is 100 cm³/mol. The van der Waals surface area contributed by atoms with Gasteiger partial charge >= 0.3 is 0 Å². The molecule has 2 aromatic carbocycles. The summed E-state index contributed by atoms with van der Waals surface area (Å²) in [5, 5.41) is 0. The molecule has 0 aliphatic carbocycles. The van der Waals surface area contributed by atoms with Gasteiger partial charge in [0.05, 0.1) is 0 Å². The van der Waals surface area contributed by atoms with Crippen LogP contribution in [0.1, 0.15) is 43.2 Å². The number of rotatable bonds is 4. The standard InChI is InChI=1S/C21H16B2F2/c22-18-12-10-16(14-20(18)24)8-6-4-2-1-3-5-7-9-17-11-13-19(23)21(25)15-17/h10-15H,1-5H2. The number of hydrogen-bond acceptors (Lipinski definition) is 0. The molecule has 0 fully saturated rings. The van der Waals surface area contributed by atoms with Crippen LogP contribution in [-0.4, -0.2) is 15.7 Å². The summed E-state index contributed by atoms with van der Waals surface area (Å²) in [4.78, 5) is 0. The SMILES string of the molecule is [B]c1ccc(C#CCCCCCC#Cc2ccc([B])c(F)c2)cc1F. The maximum atomic E-state index is 13.3. The van der Waals surface area contributed by atoms with Crippen LogP contribution in [0.4, 0.5) is 8.78 Å². The lowest BCUT2D eigenvalue weighted by molar-refractivity contribution is 0.635. The van der Waals surface area contributed by atoms with Crippen molar-refractivity contribution in [1.82, 2.24) is 0 Å². The second kappa shape index (κ2) is 9.75. The molecule has 0 saturated heterocycles. The monoisotopic (exact) mass is 328 g/mol. The van der Waals surface area contributed by atoms with Crippen LogP contribution in [0.25, 0.3) is 0 Å². The normalized spacial score (nSPS) is 9.68. The molecule has 0 atom stereocenters. The van der Waals surface area contributed by atoms with Crippen LogP contribution in [-0.2, 0) is 0 Å². The molecule has 4 radical (unpaired) electrons. The maximum Gasteiger partial charge on any atom is 0.117 e. The van der Waals surface area contributed by atoms with E-state index in [1.165, 1.54) is 24.3 Å². The first-order chi connectivity index (χ1) is 12.1. The molecule has 0 amide bonds. The van der Waals surface area contributed by atoms with Crippen LogP contribution in [0.5, 0.6) is 0 Å². The zero-order valence-corrected chi connectivity index (χ0v) is 13.9. The first kappa shape index (κ1) is 18.9. The number of unbranched alkanes of at least 4 members (excludes halogenated alkanes) is 4. The summed E-state index contributed by atoms with van der Waals surface area (Å²) in [5.74, 6) is 11.0. The number of benzene rings is 2. The molecule has 0 saturated carbocycles. The van der Waals surface area contributed by atoms with E-state index < -0.39 is 11.6 Å². The van der Waals surface area contributed by atoms with Crippen molar-refractivity contribution in [2.75, 3.05) is 0 Å². The largest absolute Gasteiger partial charge is 0.208 e. The Labute approximate surface area is 150 Å². The van der Waals surface area contributed by atoms with Crippen LogP contribution in [0.2, 0.25) is 0 Å². The molecular weight excluding hydrogens is 312 g/mol. The van der Waals surface area contributed by atoms with Gasteiger partial charge in [0.25, 0.3) is 0 Å². The Morgan fingerprint density at radius 1 is 0.680 bits per heavy atom. The first-order valence-corrected chi connectivity index (χ1v) is 8.14.